The molecule has 0 amide bonds. The fourth-order valence-electron chi connectivity index (χ4n) is 4.43. The smallest absolute Gasteiger partial charge is 0.00676 e. The fourth-order valence-corrected chi connectivity index (χ4v) is 4.43. The Hall–Kier alpha value is -0.820. The van der Waals surface area contributed by atoms with E-state index in [1.54, 1.807) is 5.56 Å². The maximum atomic E-state index is 3.88. The number of benzene rings is 1. The molecule has 116 valence electrons. The molecule has 2 aliphatic carbocycles. The molecule has 0 aromatic heterocycles. The van der Waals surface area contributed by atoms with E-state index in [2.05, 4.69) is 42.6 Å². The molecule has 21 heavy (non-hydrogen) atoms. The maximum absolute atomic E-state index is 3.88. The first-order valence-electron chi connectivity index (χ1n) is 9.09. The van der Waals surface area contributed by atoms with Crippen LogP contribution in [-0.4, -0.2) is 12.6 Å². The third-order valence-corrected chi connectivity index (χ3v) is 5.74. The molecular formula is C20H31N. The van der Waals surface area contributed by atoms with E-state index in [-0.39, 0.29) is 0 Å². The van der Waals surface area contributed by atoms with Gasteiger partial charge in [0.15, 0.2) is 0 Å². The molecule has 1 aromatic rings. The average molecular weight is 285 g/mol. The Morgan fingerprint density at radius 3 is 2.43 bits per heavy atom. The van der Waals surface area contributed by atoms with Crippen LogP contribution in [0.25, 0.3) is 0 Å². The lowest BCUT2D eigenvalue weighted by Crippen LogP contribution is -2.37. The molecule has 1 heteroatoms. The van der Waals surface area contributed by atoms with Gasteiger partial charge in [-0.2, -0.15) is 0 Å². The summed E-state index contributed by atoms with van der Waals surface area (Å²) in [4.78, 5) is 0. The Bertz CT molecular complexity index is 405. The van der Waals surface area contributed by atoms with Crippen molar-refractivity contribution in [1.29, 1.82) is 0 Å². The highest BCUT2D eigenvalue weighted by Crippen LogP contribution is 2.33. The molecule has 2 saturated carbocycles. The zero-order valence-electron chi connectivity index (χ0n) is 13.6. The second-order valence-corrected chi connectivity index (χ2v) is 7.51. The van der Waals surface area contributed by atoms with Gasteiger partial charge in [0.05, 0.1) is 0 Å². The highest BCUT2D eigenvalue weighted by atomic mass is 14.9. The third kappa shape index (κ3) is 4.32. The number of hydrogen-bond donors (Lipinski definition) is 1. The van der Waals surface area contributed by atoms with Gasteiger partial charge in [-0.1, -0.05) is 50.1 Å². The van der Waals surface area contributed by atoms with Crippen molar-refractivity contribution in [3.63, 3.8) is 0 Å². The molecule has 2 aliphatic rings. The number of hydrogen-bond acceptors (Lipinski definition) is 1. The molecule has 2 atom stereocenters. The van der Waals surface area contributed by atoms with Crippen LogP contribution in [0.3, 0.4) is 0 Å². The summed E-state index contributed by atoms with van der Waals surface area (Å²) >= 11 is 0. The van der Waals surface area contributed by atoms with Crippen molar-refractivity contribution in [2.75, 3.05) is 6.54 Å². The van der Waals surface area contributed by atoms with Gasteiger partial charge in [-0.15, -0.1) is 0 Å². The van der Waals surface area contributed by atoms with Gasteiger partial charge in [0, 0.05) is 6.04 Å². The number of nitrogens with one attached hydrogen (secondary N) is 1. The van der Waals surface area contributed by atoms with E-state index in [0.717, 1.165) is 23.8 Å². The second-order valence-electron chi connectivity index (χ2n) is 7.51. The minimum atomic E-state index is 0.780. The summed E-state index contributed by atoms with van der Waals surface area (Å²) in [5.41, 5.74) is 1.55. The lowest BCUT2D eigenvalue weighted by molar-refractivity contribution is 0.252. The van der Waals surface area contributed by atoms with E-state index in [1.165, 1.54) is 57.9 Å². The monoisotopic (exact) mass is 285 g/mol. The van der Waals surface area contributed by atoms with Gasteiger partial charge >= 0.3 is 0 Å². The normalized spacial score (nSPS) is 33.8. The van der Waals surface area contributed by atoms with Crippen LogP contribution < -0.4 is 5.32 Å². The largest absolute Gasteiger partial charge is 0.314 e. The molecule has 1 aromatic carbocycles. The Kier molecular flexibility index (Phi) is 5.35. The van der Waals surface area contributed by atoms with Gasteiger partial charge in [-0.25, -0.2) is 0 Å². The van der Waals surface area contributed by atoms with E-state index >= 15 is 0 Å². The Balaban J connectivity index is 1.40. The quantitative estimate of drug-likeness (QED) is 0.808. The molecule has 0 aliphatic heterocycles. The first kappa shape index (κ1) is 15.1. The summed E-state index contributed by atoms with van der Waals surface area (Å²) in [6.07, 6.45) is 11.3. The van der Waals surface area contributed by atoms with Crippen LogP contribution in [0.5, 0.6) is 0 Å². The average Bonchev–Trinajstić information content (AvgIpc) is 2.54. The predicted octanol–water partition coefficient (Wildman–Crippen LogP) is 5.13. The summed E-state index contributed by atoms with van der Waals surface area (Å²) in [7, 11) is 0. The molecule has 0 saturated heterocycles. The molecule has 2 unspecified atom stereocenters. The summed E-state index contributed by atoms with van der Waals surface area (Å²) in [6, 6.07) is 11.9. The van der Waals surface area contributed by atoms with E-state index in [9.17, 15) is 0 Å². The molecule has 0 radical (unpaired) electrons. The first-order chi connectivity index (χ1) is 10.3. The van der Waals surface area contributed by atoms with E-state index in [4.69, 9.17) is 0 Å². The minimum absolute atomic E-state index is 0.780. The van der Waals surface area contributed by atoms with Crippen LogP contribution >= 0.6 is 0 Å². The van der Waals surface area contributed by atoms with Gasteiger partial charge in [-0.3, -0.25) is 0 Å². The van der Waals surface area contributed by atoms with Crippen molar-refractivity contribution in [1.82, 2.24) is 5.32 Å². The van der Waals surface area contributed by atoms with Crippen molar-refractivity contribution < 1.29 is 0 Å². The van der Waals surface area contributed by atoms with E-state index < -0.39 is 0 Å². The maximum Gasteiger partial charge on any atom is 0.00676 e. The molecule has 3 rings (SSSR count). The van der Waals surface area contributed by atoms with Crippen LogP contribution in [0.4, 0.5) is 0 Å². The van der Waals surface area contributed by atoms with E-state index in [1.807, 2.05) is 0 Å². The summed E-state index contributed by atoms with van der Waals surface area (Å²) in [6.45, 7) is 3.70. The van der Waals surface area contributed by atoms with Crippen molar-refractivity contribution in [2.45, 2.75) is 70.3 Å². The highest BCUT2D eigenvalue weighted by Gasteiger charge is 2.24. The van der Waals surface area contributed by atoms with Crippen molar-refractivity contribution in [3.05, 3.63) is 35.9 Å². The standard InChI is InChI=1S/C20H31N/c1-16-6-5-7-17(14-16)15-21-20-12-10-19(11-13-20)18-8-3-2-4-9-18/h2-4,8-9,16-17,19-21H,5-7,10-15H2,1H3. The summed E-state index contributed by atoms with van der Waals surface area (Å²) in [5, 5.41) is 3.88. The fraction of sp³-hybridized carbons (Fsp3) is 0.700. The Morgan fingerprint density at radius 2 is 1.71 bits per heavy atom. The minimum Gasteiger partial charge on any atom is -0.314 e. The molecule has 1 nitrogen and oxygen atoms in total. The first-order valence-corrected chi connectivity index (χ1v) is 9.09. The topological polar surface area (TPSA) is 12.0 Å². The van der Waals surface area contributed by atoms with Crippen LogP contribution in [0.1, 0.15) is 69.8 Å². The molecule has 2 fully saturated rings. The second kappa shape index (κ2) is 7.45. The van der Waals surface area contributed by atoms with Crippen LogP contribution in [0, 0.1) is 11.8 Å². The molecule has 1 N–H and O–H groups in total. The molecule has 0 spiro atoms. The highest BCUT2D eigenvalue weighted by molar-refractivity contribution is 5.20. The van der Waals surface area contributed by atoms with Gasteiger partial charge in [0.1, 0.15) is 0 Å². The van der Waals surface area contributed by atoms with Crippen LogP contribution in [-0.2, 0) is 0 Å². The molecular weight excluding hydrogens is 254 g/mol. The van der Waals surface area contributed by atoms with Crippen LogP contribution in [0.15, 0.2) is 30.3 Å². The summed E-state index contributed by atoms with van der Waals surface area (Å²) in [5.74, 6) is 2.71. The SMILES string of the molecule is CC1CCCC(CNC2CCC(c3ccccc3)CC2)C1. The number of rotatable bonds is 4. The van der Waals surface area contributed by atoms with Crippen molar-refractivity contribution in [2.24, 2.45) is 11.8 Å². The molecule has 0 bridgehead atoms. The lowest BCUT2D eigenvalue weighted by atomic mass is 9.80. The predicted molar refractivity (Wildman–Crippen MR) is 90.6 cm³/mol. The Labute approximate surface area is 130 Å². The zero-order chi connectivity index (χ0) is 14.5. The zero-order valence-corrected chi connectivity index (χ0v) is 13.6. The van der Waals surface area contributed by atoms with E-state index in [0.29, 0.717) is 0 Å². The third-order valence-electron chi connectivity index (χ3n) is 5.74. The van der Waals surface area contributed by atoms with Gasteiger partial charge in [0.25, 0.3) is 0 Å². The van der Waals surface area contributed by atoms with Gasteiger partial charge in [-0.05, 0) is 68.4 Å². The van der Waals surface area contributed by atoms with Crippen molar-refractivity contribution in [3.8, 4) is 0 Å². The summed E-state index contributed by atoms with van der Waals surface area (Å²) < 4.78 is 0. The van der Waals surface area contributed by atoms with Gasteiger partial charge < -0.3 is 5.32 Å². The van der Waals surface area contributed by atoms with Gasteiger partial charge in [0.2, 0.25) is 0 Å². The van der Waals surface area contributed by atoms with Crippen LogP contribution in [0.2, 0.25) is 0 Å². The molecule has 0 heterocycles. The van der Waals surface area contributed by atoms with Crippen molar-refractivity contribution >= 4 is 0 Å². The Morgan fingerprint density at radius 1 is 0.952 bits per heavy atom. The lowest BCUT2D eigenvalue weighted by Gasteiger charge is -2.32.